The van der Waals surface area contributed by atoms with E-state index in [0.29, 0.717) is 12.1 Å². The summed E-state index contributed by atoms with van der Waals surface area (Å²) in [5.41, 5.74) is 4.57. The fourth-order valence-corrected chi connectivity index (χ4v) is 2.34. The largest absolute Gasteiger partial charge is 0.497 e. The second-order valence-corrected chi connectivity index (χ2v) is 10.8. The van der Waals surface area contributed by atoms with Crippen molar-refractivity contribution in [3.05, 3.63) is 58.3 Å². The first kappa shape index (κ1) is 16.1. The summed E-state index contributed by atoms with van der Waals surface area (Å²) < 4.78 is 6.71. The molecule has 0 unspecified atom stereocenters. The highest BCUT2D eigenvalue weighted by Crippen LogP contribution is 2.11. The number of methoxy groups -OCH3 is 1. The van der Waals surface area contributed by atoms with E-state index in [-0.39, 0.29) is 5.56 Å². The van der Waals surface area contributed by atoms with Crippen LogP contribution in [0.5, 0.6) is 5.75 Å². The molecule has 1 aromatic heterocycles. The predicted molar refractivity (Wildman–Crippen MR) is 90.8 cm³/mol. The number of hydrogen-bond acceptors (Lipinski definition) is 3. The molecule has 0 aliphatic carbocycles. The molecule has 0 N–H and O–H groups in total. The van der Waals surface area contributed by atoms with Gasteiger partial charge in [0.25, 0.3) is 5.56 Å². The molecule has 0 aliphatic heterocycles. The maximum absolute atomic E-state index is 12.4. The second-order valence-electron chi connectivity index (χ2n) is 6.09. The number of aromatic nitrogens is 2. The molecule has 0 saturated heterocycles. The fourth-order valence-electron chi connectivity index (χ4n) is 1.83. The summed E-state index contributed by atoms with van der Waals surface area (Å²) in [6, 6.07) is 7.63. The first-order chi connectivity index (χ1) is 10.4. The topological polar surface area (TPSA) is 44.1 Å². The number of nitrogens with zero attached hydrogens (tertiary/aromatic N) is 2. The third-order valence-electron chi connectivity index (χ3n) is 2.99. The van der Waals surface area contributed by atoms with Gasteiger partial charge < -0.3 is 4.74 Å². The normalized spacial score (nSPS) is 10.7. The number of rotatable bonds is 3. The molecule has 0 fully saturated rings. The Morgan fingerprint density at radius 2 is 1.91 bits per heavy atom. The van der Waals surface area contributed by atoms with Gasteiger partial charge in [0, 0.05) is 6.20 Å². The van der Waals surface area contributed by atoms with Crippen molar-refractivity contribution in [2.75, 3.05) is 7.11 Å². The minimum atomic E-state index is -1.52. The molecule has 0 atom stereocenters. The van der Waals surface area contributed by atoms with E-state index in [2.05, 4.69) is 36.1 Å². The van der Waals surface area contributed by atoms with E-state index >= 15 is 0 Å². The van der Waals surface area contributed by atoms with Crippen LogP contribution >= 0.6 is 0 Å². The molecule has 1 heterocycles. The number of benzene rings is 1. The first-order valence-corrected chi connectivity index (χ1v) is 10.6. The Morgan fingerprint density at radius 3 is 2.50 bits per heavy atom. The summed E-state index contributed by atoms with van der Waals surface area (Å²) in [5, 5.41) is 0. The molecule has 1 aromatic carbocycles. The monoisotopic (exact) mass is 312 g/mol. The molecule has 0 spiro atoms. The summed E-state index contributed by atoms with van der Waals surface area (Å²) in [6.07, 6.45) is 3.09. The molecule has 2 rings (SSSR count). The minimum absolute atomic E-state index is 0.100. The van der Waals surface area contributed by atoms with E-state index in [4.69, 9.17) is 4.74 Å². The lowest BCUT2D eigenvalue weighted by molar-refractivity contribution is 0.414. The zero-order valence-electron chi connectivity index (χ0n) is 13.4. The zero-order chi connectivity index (χ0) is 16.2. The van der Waals surface area contributed by atoms with Gasteiger partial charge in [0.2, 0.25) is 0 Å². The van der Waals surface area contributed by atoms with E-state index in [9.17, 15) is 4.79 Å². The van der Waals surface area contributed by atoms with Crippen molar-refractivity contribution >= 4 is 8.07 Å². The van der Waals surface area contributed by atoms with Gasteiger partial charge in [-0.3, -0.25) is 9.36 Å². The van der Waals surface area contributed by atoms with Crippen LogP contribution in [0.3, 0.4) is 0 Å². The highest BCUT2D eigenvalue weighted by atomic mass is 28.3. The van der Waals surface area contributed by atoms with Crippen LogP contribution in [0, 0.1) is 11.5 Å². The third kappa shape index (κ3) is 4.33. The van der Waals surface area contributed by atoms with Crippen LogP contribution in [0.2, 0.25) is 19.6 Å². The molecule has 0 saturated carbocycles. The van der Waals surface area contributed by atoms with Crippen LogP contribution in [0.25, 0.3) is 0 Å². The van der Waals surface area contributed by atoms with Gasteiger partial charge in [-0.15, -0.1) is 5.54 Å². The molecule has 0 radical (unpaired) electrons. The second kappa shape index (κ2) is 6.63. The van der Waals surface area contributed by atoms with Crippen molar-refractivity contribution in [1.29, 1.82) is 0 Å². The maximum atomic E-state index is 12.4. The Hall–Kier alpha value is -2.32. The highest BCUT2D eigenvalue weighted by molar-refractivity contribution is 6.83. The average Bonchev–Trinajstić information content (AvgIpc) is 2.48. The van der Waals surface area contributed by atoms with Gasteiger partial charge in [-0.1, -0.05) is 37.7 Å². The van der Waals surface area contributed by atoms with Gasteiger partial charge in [-0.25, -0.2) is 4.98 Å². The SMILES string of the molecule is COc1ccc(Cn2cncc(C#C[Si](C)(C)C)c2=O)cc1. The van der Waals surface area contributed by atoms with Gasteiger partial charge in [0.15, 0.2) is 0 Å². The number of ether oxygens (including phenoxy) is 1. The molecule has 2 aromatic rings. The van der Waals surface area contributed by atoms with E-state index in [1.165, 1.54) is 0 Å². The fraction of sp³-hybridized carbons (Fsp3) is 0.294. The lowest BCUT2D eigenvalue weighted by atomic mass is 10.2. The average molecular weight is 312 g/mol. The summed E-state index contributed by atoms with van der Waals surface area (Å²) in [4.78, 5) is 16.6. The highest BCUT2D eigenvalue weighted by Gasteiger charge is 2.09. The van der Waals surface area contributed by atoms with E-state index in [1.54, 1.807) is 24.2 Å². The standard InChI is InChI=1S/C17H20N2O2Si/c1-21-16-7-5-14(6-8-16)12-19-13-18-11-15(17(19)20)9-10-22(2,3)4/h5-8,11,13H,12H2,1-4H3. The quantitative estimate of drug-likeness (QED) is 0.646. The van der Waals surface area contributed by atoms with Crippen molar-refractivity contribution in [3.8, 4) is 17.2 Å². The first-order valence-electron chi connectivity index (χ1n) is 7.09. The van der Waals surface area contributed by atoms with Crippen LogP contribution in [0.4, 0.5) is 0 Å². The van der Waals surface area contributed by atoms with Crippen molar-refractivity contribution in [2.24, 2.45) is 0 Å². The lowest BCUT2D eigenvalue weighted by Crippen LogP contribution is -2.24. The van der Waals surface area contributed by atoms with Gasteiger partial charge in [0.1, 0.15) is 19.4 Å². The smallest absolute Gasteiger partial charge is 0.269 e. The van der Waals surface area contributed by atoms with Gasteiger partial charge >= 0.3 is 0 Å². The van der Waals surface area contributed by atoms with Crippen LogP contribution in [0.1, 0.15) is 11.1 Å². The molecule has 114 valence electrons. The van der Waals surface area contributed by atoms with Crippen LogP contribution in [-0.4, -0.2) is 24.7 Å². The van der Waals surface area contributed by atoms with E-state index < -0.39 is 8.07 Å². The Bertz CT molecular complexity index is 762. The molecular formula is C17H20N2O2Si. The van der Waals surface area contributed by atoms with Gasteiger partial charge in [0.05, 0.1) is 20.0 Å². The van der Waals surface area contributed by atoms with Crippen molar-refractivity contribution < 1.29 is 4.74 Å². The lowest BCUT2D eigenvalue weighted by Gasteiger charge is -2.07. The predicted octanol–water partition coefficient (Wildman–Crippen LogP) is 2.53. The van der Waals surface area contributed by atoms with Crippen LogP contribution in [0.15, 0.2) is 41.6 Å². The van der Waals surface area contributed by atoms with E-state index in [0.717, 1.165) is 11.3 Å². The Kier molecular flexibility index (Phi) is 4.84. The van der Waals surface area contributed by atoms with E-state index in [1.807, 2.05) is 24.3 Å². The molecule has 4 nitrogen and oxygen atoms in total. The molecule has 0 aliphatic rings. The summed E-state index contributed by atoms with van der Waals surface area (Å²) >= 11 is 0. The van der Waals surface area contributed by atoms with Gasteiger partial charge in [-0.2, -0.15) is 0 Å². The molecule has 0 amide bonds. The Balaban J connectivity index is 2.28. The van der Waals surface area contributed by atoms with Crippen LogP contribution < -0.4 is 10.3 Å². The van der Waals surface area contributed by atoms with Crippen LogP contribution in [-0.2, 0) is 6.54 Å². The van der Waals surface area contributed by atoms with Crippen molar-refractivity contribution in [1.82, 2.24) is 9.55 Å². The minimum Gasteiger partial charge on any atom is -0.497 e. The Morgan fingerprint density at radius 1 is 1.23 bits per heavy atom. The van der Waals surface area contributed by atoms with Crippen molar-refractivity contribution in [2.45, 2.75) is 26.2 Å². The zero-order valence-corrected chi connectivity index (χ0v) is 14.4. The Labute approximate surface area is 131 Å². The molecular weight excluding hydrogens is 292 g/mol. The summed E-state index contributed by atoms with van der Waals surface area (Å²) in [5.74, 6) is 3.79. The van der Waals surface area contributed by atoms with Gasteiger partial charge in [-0.05, 0) is 17.7 Å². The third-order valence-corrected chi connectivity index (χ3v) is 3.86. The van der Waals surface area contributed by atoms with Crippen molar-refractivity contribution in [3.63, 3.8) is 0 Å². The molecule has 22 heavy (non-hydrogen) atoms. The maximum Gasteiger partial charge on any atom is 0.269 e. The number of hydrogen-bond donors (Lipinski definition) is 0. The molecule has 5 heteroatoms. The summed E-state index contributed by atoms with van der Waals surface area (Å²) in [7, 11) is 0.113. The summed E-state index contributed by atoms with van der Waals surface area (Å²) in [6.45, 7) is 6.91. The molecule has 0 bridgehead atoms.